The Morgan fingerprint density at radius 1 is 0.929 bits per heavy atom. The van der Waals surface area contributed by atoms with E-state index in [9.17, 15) is 0 Å². The summed E-state index contributed by atoms with van der Waals surface area (Å²) >= 11 is 5.21. The number of hydrogen-bond donors (Lipinski definition) is 1. The topological polar surface area (TPSA) is 63.6 Å². The minimum atomic E-state index is 0.323. The van der Waals surface area contributed by atoms with Gasteiger partial charge in [-0.25, -0.2) is 15.0 Å². The van der Waals surface area contributed by atoms with Crippen LogP contribution in [0.1, 0.15) is 13.8 Å². The van der Waals surface area contributed by atoms with E-state index in [0.29, 0.717) is 11.9 Å². The van der Waals surface area contributed by atoms with Crippen molar-refractivity contribution in [2.45, 2.75) is 19.9 Å². The number of pyridine rings is 1. The van der Waals surface area contributed by atoms with Gasteiger partial charge in [-0.05, 0) is 38.1 Å². The highest BCUT2D eigenvalue weighted by atomic mass is 79.9. The molecule has 1 aromatic carbocycles. The summed E-state index contributed by atoms with van der Waals surface area (Å²) in [6.07, 6.45) is 3.60. The summed E-state index contributed by atoms with van der Waals surface area (Å²) < 4.78 is 0.984. The molecule has 0 unspecified atom stereocenters. The van der Waals surface area contributed by atoms with Crippen molar-refractivity contribution in [3.63, 3.8) is 0 Å². The second kappa shape index (κ2) is 8.16. The first-order chi connectivity index (χ1) is 13.6. The third-order valence-electron chi connectivity index (χ3n) is 3.94. The van der Waals surface area contributed by atoms with Crippen LogP contribution in [0, 0.1) is 0 Å². The first kappa shape index (κ1) is 18.7. The van der Waals surface area contributed by atoms with E-state index in [-0.39, 0.29) is 0 Å². The molecule has 7 heteroatoms. The molecule has 0 aliphatic heterocycles. The molecule has 5 nitrogen and oxygen atoms in total. The Hall–Kier alpha value is -2.64. The van der Waals surface area contributed by atoms with E-state index in [1.165, 1.54) is 0 Å². The Kier molecular flexibility index (Phi) is 5.45. The Morgan fingerprint density at radius 3 is 2.46 bits per heavy atom. The number of nitrogens with zero attached hydrogens (tertiary/aromatic N) is 4. The zero-order chi connectivity index (χ0) is 19.5. The number of nitrogens with one attached hydrogen (secondary N) is 1. The molecule has 0 spiro atoms. The summed E-state index contributed by atoms with van der Waals surface area (Å²) in [5.74, 6) is 0.593. The van der Waals surface area contributed by atoms with Crippen LogP contribution in [0.4, 0.5) is 5.13 Å². The standard InChI is InChI=1S/C21H18BrN5S/c1-13(2)25-21-24-12-19(28-21)18-11-17(14-7-3-4-8-15(14)22)26-20(27-18)16-9-5-6-10-23-16/h3-13H,1-2H3,(H,24,25). The van der Waals surface area contributed by atoms with Gasteiger partial charge in [0, 0.05) is 28.5 Å². The quantitative estimate of drug-likeness (QED) is 0.408. The Balaban J connectivity index is 1.85. The lowest BCUT2D eigenvalue weighted by atomic mass is 10.1. The van der Waals surface area contributed by atoms with Crippen molar-refractivity contribution in [2.24, 2.45) is 0 Å². The SMILES string of the molecule is CC(C)Nc1ncc(-c2cc(-c3ccccc3Br)nc(-c3ccccn3)n2)s1. The number of anilines is 1. The van der Waals surface area contributed by atoms with E-state index in [1.54, 1.807) is 17.5 Å². The minimum absolute atomic E-state index is 0.323. The van der Waals surface area contributed by atoms with Crippen LogP contribution in [0.5, 0.6) is 0 Å². The molecular formula is C21H18BrN5S. The summed E-state index contributed by atoms with van der Waals surface area (Å²) in [5, 5.41) is 4.22. The van der Waals surface area contributed by atoms with Gasteiger partial charge in [0.05, 0.1) is 16.3 Å². The van der Waals surface area contributed by atoms with Crippen molar-refractivity contribution in [3.8, 4) is 33.3 Å². The van der Waals surface area contributed by atoms with Crippen LogP contribution in [-0.4, -0.2) is 26.0 Å². The van der Waals surface area contributed by atoms with Crippen LogP contribution >= 0.6 is 27.3 Å². The predicted molar refractivity (Wildman–Crippen MR) is 118 cm³/mol. The Bertz CT molecular complexity index is 1090. The highest BCUT2D eigenvalue weighted by Crippen LogP contribution is 2.33. The molecule has 0 aliphatic carbocycles. The third kappa shape index (κ3) is 4.10. The molecule has 28 heavy (non-hydrogen) atoms. The number of halogens is 1. The van der Waals surface area contributed by atoms with Gasteiger partial charge in [0.2, 0.25) is 0 Å². The number of rotatable bonds is 5. The fourth-order valence-corrected chi connectivity index (χ4v) is 4.11. The summed E-state index contributed by atoms with van der Waals surface area (Å²) in [6, 6.07) is 16.1. The van der Waals surface area contributed by atoms with E-state index in [4.69, 9.17) is 9.97 Å². The van der Waals surface area contributed by atoms with Crippen LogP contribution in [0.15, 0.2) is 65.4 Å². The Labute approximate surface area is 176 Å². The lowest BCUT2D eigenvalue weighted by Gasteiger charge is -2.09. The van der Waals surface area contributed by atoms with Gasteiger partial charge in [-0.3, -0.25) is 4.98 Å². The van der Waals surface area contributed by atoms with Crippen molar-refractivity contribution in [2.75, 3.05) is 5.32 Å². The van der Waals surface area contributed by atoms with Gasteiger partial charge in [-0.2, -0.15) is 0 Å². The fraction of sp³-hybridized carbons (Fsp3) is 0.143. The van der Waals surface area contributed by atoms with Gasteiger partial charge in [0.1, 0.15) is 5.69 Å². The summed E-state index contributed by atoms with van der Waals surface area (Å²) in [6.45, 7) is 4.19. The molecule has 4 aromatic rings. The highest BCUT2D eigenvalue weighted by Gasteiger charge is 2.14. The maximum absolute atomic E-state index is 4.78. The summed E-state index contributed by atoms with van der Waals surface area (Å²) in [4.78, 5) is 19.4. The molecule has 1 N–H and O–H groups in total. The number of benzene rings is 1. The van der Waals surface area contributed by atoms with Crippen molar-refractivity contribution < 1.29 is 0 Å². The van der Waals surface area contributed by atoms with Gasteiger partial charge < -0.3 is 5.32 Å². The van der Waals surface area contributed by atoms with Gasteiger partial charge in [0.15, 0.2) is 11.0 Å². The predicted octanol–water partition coefficient (Wildman–Crippen LogP) is 5.91. The van der Waals surface area contributed by atoms with E-state index in [2.05, 4.69) is 45.1 Å². The Morgan fingerprint density at radius 2 is 1.71 bits per heavy atom. The van der Waals surface area contributed by atoms with Gasteiger partial charge >= 0.3 is 0 Å². The van der Waals surface area contributed by atoms with Crippen molar-refractivity contribution in [1.82, 2.24) is 19.9 Å². The molecular weight excluding hydrogens is 434 g/mol. The summed E-state index contributed by atoms with van der Waals surface area (Å²) in [7, 11) is 0. The molecule has 0 atom stereocenters. The lowest BCUT2D eigenvalue weighted by molar-refractivity contribution is 0.896. The zero-order valence-corrected chi connectivity index (χ0v) is 17.8. The smallest absolute Gasteiger partial charge is 0.183 e. The first-order valence-corrected chi connectivity index (χ1v) is 10.5. The molecule has 3 aromatic heterocycles. The lowest BCUT2D eigenvalue weighted by Crippen LogP contribution is -2.08. The number of aromatic nitrogens is 4. The van der Waals surface area contributed by atoms with Gasteiger partial charge in [0.25, 0.3) is 0 Å². The fourth-order valence-electron chi connectivity index (χ4n) is 2.70. The molecule has 0 saturated carbocycles. The van der Waals surface area contributed by atoms with Crippen LogP contribution in [0.3, 0.4) is 0 Å². The molecule has 0 aliphatic rings. The molecule has 140 valence electrons. The van der Waals surface area contributed by atoms with E-state index in [1.807, 2.05) is 54.7 Å². The molecule has 3 heterocycles. The summed E-state index contributed by atoms with van der Waals surface area (Å²) in [5.41, 5.74) is 3.41. The maximum atomic E-state index is 4.78. The van der Waals surface area contributed by atoms with E-state index < -0.39 is 0 Å². The maximum Gasteiger partial charge on any atom is 0.183 e. The van der Waals surface area contributed by atoms with Crippen LogP contribution in [-0.2, 0) is 0 Å². The van der Waals surface area contributed by atoms with Crippen molar-refractivity contribution in [1.29, 1.82) is 0 Å². The second-order valence-electron chi connectivity index (χ2n) is 6.49. The average Bonchev–Trinajstić information content (AvgIpc) is 3.16. The van der Waals surface area contributed by atoms with Crippen molar-refractivity contribution in [3.05, 3.63) is 65.4 Å². The minimum Gasteiger partial charge on any atom is -0.359 e. The highest BCUT2D eigenvalue weighted by molar-refractivity contribution is 9.10. The molecule has 0 saturated heterocycles. The second-order valence-corrected chi connectivity index (χ2v) is 8.37. The van der Waals surface area contributed by atoms with Gasteiger partial charge in [-0.1, -0.05) is 51.5 Å². The van der Waals surface area contributed by atoms with Crippen molar-refractivity contribution >= 4 is 32.4 Å². The first-order valence-electron chi connectivity index (χ1n) is 8.88. The monoisotopic (exact) mass is 451 g/mol. The molecule has 0 amide bonds. The van der Waals surface area contributed by atoms with E-state index in [0.717, 1.165) is 37.1 Å². The normalized spacial score (nSPS) is 11.0. The zero-order valence-electron chi connectivity index (χ0n) is 15.4. The largest absolute Gasteiger partial charge is 0.359 e. The third-order valence-corrected chi connectivity index (χ3v) is 5.58. The van der Waals surface area contributed by atoms with Gasteiger partial charge in [-0.15, -0.1) is 0 Å². The molecule has 0 radical (unpaired) electrons. The van der Waals surface area contributed by atoms with E-state index >= 15 is 0 Å². The molecule has 0 bridgehead atoms. The number of hydrogen-bond acceptors (Lipinski definition) is 6. The molecule has 0 fully saturated rings. The number of thiazole rings is 1. The van der Waals surface area contributed by atoms with Crippen LogP contribution in [0.25, 0.3) is 33.3 Å². The average molecular weight is 452 g/mol. The van der Waals surface area contributed by atoms with Crippen LogP contribution < -0.4 is 5.32 Å². The van der Waals surface area contributed by atoms with Crippen LogP contribution in [0.2, 0.25) is 0 Å². The molecule has 4 rings (SSSR count).